The van der Waals surface area contributed by atoms with Gasteiger partial charge in [0.05, 0.1) is 17.9 Å². The van der Waals surface area contributed by atoms with Crippen LogP contribution in [-0.2, 0) is 9.53 Å². The Morgan fingerprint density at radius 1 is 1.09 bits per heavy atom. The van der Waals surface area contributed by atoms with Gasteiger partial charge >= 0.3 is 5.97 Å². The largest absolute Gasteiger partial charge is 0.465 e. The van der Waals surface area contributed by atoms with Gasteiger partial charge in [-0.15, -0.1) is 11.8 Å². The molecule has 4 nitrogen and oxygen atoms in total. The van der Waals surface area contributed by atoms with Crippen LogP contribution < -0.4 is 4.90 Å². The van der Waals surface area contributed by atoms with Crippen molar-refractivity contribution in [2.45, 2.75) is 17.5 Å². The molecule has 0 aromatic heterocycles. The molecule has 0 unspecified atom stereocenters. The lowest BCUT2D eigenvalue weighted by Gasteiger charge is -2.24. The lowest BCUT2D eigenvalue weighted by atomic mass is 10.1. The highest BCUT2D eigenvalue weighted by atomic mass is 32.2. The quantitative estimate of drug-likeness (QED) is 0.808. The summed E-state index contributed by atoms with van der Waals surface area (Å²) >= 11 is 1.63. The van der Waals surface area contributed by atoms with Crippen LogP contribution in [-0.4, -0.2) is 24.2 Å². The number of carbonyl (C=O) groups is 2. The number of amides is 1. The number of esters is 1. The molecule has 23 heavy (non-hydrogen) atoms. The van der Waals surface area contributed by atoms with Crippen molar-refractivity contribution < 1.29 is 14.3 Å². The van der Waals surface area contributed by atoms with E-state index < -0.39 is 0 Å². The number of carbonyl (C=O) groups excluding carboxylic acids is 2. The van der Waals surface area contributed by atoms with Gasteiger partial charge in [-0.1, -0.05) is 30.3 Å². The molecule has 0 N–H and O–H groups in total. The molecule has 0 bridgehead atoms. The van der Waals surface area contributed by atoms with Crippen LogP contribution in [0.15, 0.2) is 54.6 Å². The Balaban J connectivity index is 1.95. The molecule has 0 saturated carbocycles. The van der Waals surface area contributed by atoms with Crippen LogP contribution in [0.5, 0.6) is 0 Å². The third-order valence-electron chi connectivity index (χ3n) is 3.80. The Kier molecular flexibility index (Phi) is 4.39. The molecule has 0 radical (unpaired) electrons. The average Bonchev–Trinajstić information content (AvgIpc) is 2.90. The second-order valence-corrected chi connectivity index (χ2v) is 6.71. The summed E-state index contributed by atoms with van der Waals surface area (Å²) in [6.07, 6.45) is 0. The van der Waals surface area contributed by atoms with Crippen LogP contribution in [0.25, 0.3) is 0 Å². The topological polar surface area (TPSA) is 46.6 Å². The average molecular weight is 327 g/mol. The lowest BCUT2D eigenvalue weighted by Crippen LogP contribution is -2.30. The van der Waals surface area contributed by atoms with E-state index in [4.69, 9.17) is 4.74 Å². The SMILES string of the molecule is COC(=O)c1ccc(N2C(=O)[C@@H](C)S[C@@H]2c2ccccc2)cc1. The van der Waals surface area contributed by atoms with Crippen molar-refractivity contribution in [1.82, 2.24) is 0 Å². The van der Waals surface area contributed by atoms with Gasteiger partial charge in [-0.2, -0.15) is 0 Å². The van der Waals surface area contributed by atoms with Crippen LogP contribution in [0.2, 0.25) is 0 Å². The summed E-state index contributed by atoms with van der Waals surface area (Å²) in [6, 6.07) is 16.9. The maximum absolute atomic E-state index is 12.6. The molecule has 2 aromatic carbocycles. The number of hydrogen-bond donors (Lipinski definition) is 0. The van der Waals surface area contributed by atoms with E-state index in [1.54, 1.807) is 40.9 Å². The third-order valence-corrected chi connectivity index (χ3v) is 5.15. The van der Waals surface area contributed by atoms with Crippen molar-refractivity contribution >= 4 is 29.3 Å². The smallest absolute Gasteiger partial charge is 0.337 e. The van der Waals surface area contributed by atoms with Gasteiger partial charge in [-0.25, -0.2) is 4.79 Å². The fourth-order valence-electron chi connectivity index (χ4n) is 2.61. The zero-order chi connectivity index (χ0) is 16.4. The molecule has 118 valence electrons. The summed E-state index contributed by atoms with van der Waals surface area (Å²) in [7, 11) is 1.35. The summed E-state index contributed by atoms with van der Waals surface area (Å²) in [4.78, 5) is 25.9. The standard InChI is InChI=1S/C18H17NO3S/c1-12-16(20)19(17(23-12)13-6-4-3-5-7-13)15-10-8-14(9-11-15)18(21)22-2/h3-12,17H,1-2H3/t12-,17-/m1/s1. The number of benzene rings is 2. The summed E-state index contributed by atoms with van der Waals surface area (Å²) in [6.45, 7) is 1.92. The fourth-order valence-corrected chi connectivity index (χ4v) is 3.89. The molecule has 1 heterocycles. The van der Waals surface area contributed by atoms with Crippen molar-refractivity contribution in [1.29, 1.82) is 0 Å². The number of anilines is 1. The molecule has 3 rings (SSSR count). The van der Waals surface area contributed by atoms with Crippen LogP contribution in [0, 0.1) is 0 Å². The molecule has 2 aromatic rings. The minimum atomic E-state index is -0.383. The minimum absolute atomic E-state index is 0.0531. The van der Waals surface area contributed by atoms with Gasteiger partial charge in [0.2, 0.25) is 5.91 Å². The number of rotatable bonds is 3. The molecule has 1 aliphatic rings. The Morgan fingerprint density at radius 3 is 2.35 bits per heavy atom. The maximum atomic E-state index is 12.6. The monoisotopic (exact) mass is 327 g/mol. The number of methoxy groups -OCH3 is 1. The first-order chi connectivity index (χ1) is 11.1. The highest BCUT2D eigenvalue weighted by Crippen LogP contribution is 2.45. The minimum Gasteiger partial charge on any atom is -0.465 e. The predicted octanol–water partition coefficient (Wildman–Crippen LogP) is 3.64. The van der Waals surface area contributed by atoms with Gasteiger partial charge in [-0.05, 0) is 36.8 Å². The second-order valence-electron chi connectivity index (χ2n) is 5.29. The van der Waals surface area contributed by atoms with Crippen molar-refractivity contribution in [2.75, 3.05) is 12.0 Å². The molecule has 1 saturated heterocycles. The molecule has 1 amide bonds. The van der Waals surface area contributed by atoms with Gasteiger partial charge in [0, 0.05) is 5.69 Å². The van der Waals surface area contributed by atoms with E-state index in [1.165, 1.54) is 7.11 Å². The molecule has 2 atom stereocenters. The first-order valence-electron chi connectivity index (χ1n) is 7.33. The number of nitrogens with zero attached hydrogens (tertiary/aromatic N) is 1. The first-order valence-corrected chi connectivity index (χ1v) is 8.28. The highest BCUT2D eigenvalue weighted by molar-refractivity contribution is 8.01. The summed E-state index contributed by atoms with van der Waals surface area (Å²) < 4.78 is 4.71. The first kappa shape index (κ1) is 15.6. The molecular weight excluding hydrogens is 310 g/mol. The van der Waals surface area contributed by atoms with Crippen LogP contribution in [0.3, 0.4) is 0 Å². The highest BCUT2D eigenvalue weighted by Gasteiger charge is 2.39. The zero-order valence-electron chi connectivity index (χ0n) is 12.9. The van der Waals surface area contributed by atoms with E-state index >= 15 is 0 Å². The lowest BCUT2D eigenvalue weighted by molar-refractivity contribution is -0.117. The second kappa shape index (κ2) is 6.46. The molecule has 0 spiro atoms. The summed E-state index contributed by atoms with van der Waals surface area (Å²) in [5.41, 5.74) is 2.35. The third kappa shape index (κ3) is 2.97. The van der Waals surface area contributed by atoms with Crippen molar-refractivity contribution in [3.8, 4) is 0 Å². The summed E-state index contributed by atoms with van der Waals surface area (Å²) in [5, 5.41) is -0.150. The van der Waals surface area contributed by atoms with Gasteiger partial charge in [0.1, 0.15) is 5.37 Å². The Labute approximate surface area is 139 Å². The van der Waals surface area contributed by atoms with Gasteiger partial charge in [0.25, 0.3) is 0 Å². The maximum Gasteiger partial charge on any atom is 0.337 e. The van der Waals surface area contributed by atoms with Crippen molar-refractivity contribution in [3.05, 3.63) is 65.7 Å². The van der Waals surface area contributed by atoms with E-state index in [0.29, 0.717) is 5.56 Å². The van der Waals surface area contributed by atoms with Crippen molar-refractivity contribution in [2.24, 2.45) is 0 Å². The van der Waals surface area contributed by atoms with E-state index in [2.05, 4.69) is 0 Å². The van der Waals surface area contributed by atoms with Crippen LogP contribution in [0.1, 0.15) is 28.2 Å². The molecule has 1 fully saturated rings. The molecule has 0 aliphatic carbocycles. The molecule has 5 heteroatoms. The summed E-state index contributed by atoms with van der Waals surface area (Å²) in [5.74, 6) is -0.304. The Bertz CT molecular complexity index is 715. The predicted molar refractivity (Wildman–Crippen MR) is 91.5 cm³/mol. The van der Waals surface area contributed by atoms with Crippen LogP contribution >= 0.6 is 11.8 Å². The van der Waals surface area contributed by atoms with Crippen molar-refractivity contribution in [3.63, 3.8) is 0 Å². The van der Waals surface area contributed by atoms with E-state index in [1.807, 2.05) is 37.3 Å². The number of hydrogen-bond acceptors (Lipinski definition) is 4. The normalized spacial score (nSPS) is 20.6. The number of thioether (sulfide) groups is 1. The fraction of sp³-hybridized carbons (Fsp3) is 0.222. The van der Waals surface area contributed by atoms with Gasteiger partial charge < -0.3 is 4.74 Å². The van der Waals surface area contributed by atoms with Gasteiger partial charge in [0.15, 0.2) is 0 Å². The van der Waals surface area contributed by atoms with E-state index in [9.17, 15) is 9.59 Å². The molecule has 1 aliphatic heterocycles. The Morgan fingerprint density at radius 2 is 1.74 bits per heavy atom. The number of ether oxygens (including phenoxy) is 1. The van der Waals surface area contributed by atoms with E-state index in [0.717, 1.165) is 11.3 Å². The van der Waals surface area contributed by atoms with E-state index in [-0.39, 0.29) is 22.5 Å². The van der Waals surface area contributed by atoms with Crippen LogP contribution in [0.4, 0.5) is 5.69 Å². The molecular formula is C18H17NO3S. The zero-order valence-corrected chi connectivity index (χ0v) is 13.7. The Hall–Kier alpha value is -2.27. The van der Waals surface area contributed by atoms with Gasteiger partial charge in [-0.3, -0.25) is 9.69 Å².